The van der Waals surface area contributed by atoms with Crippen LogP contribution in [0.4, 0.5) is 5.69 Å². The Balaban J connectivity index is 0.00000289. The molecule has 1 aromatic carbocycles. The molecule has 0 aliphatic carbocycles. The van der Waals surface area contributed by atoms with Crippen molar-refractivity contribution in [3.8, 4) is 5.75 Å². The van der Waals surface area contributed by atoms with Gasteiger partial charge in [0.05, 0.1) is 6.61 Å². The van der Waals surface area contributed by atoms with E-state index in [0.717, 1.165) is 18.6 Å². The van der Waals surface area contributed by atoms with Gasteiger partial charge in [0, 0.05) is 5.69 Å². The average Bonchev–Trinajstić information content (AvgIpc) is 2.27. The van der Waals surface area contributed by atoms with Crippen LogP contribution in [0.5, 0.6) is 5.75 Å². The van der Waals surface area contributed by atoms with Gasteiger partial charge in [-0.15, -0.1) is 0 Å². The van der Waals surface area contributed by atoms with Gasteiger partial charge in [-0.1, -0.05) is 13.3 Å². The molecule has 1 N–H and O–H groups in total. The first-order valence-corrected chi connectivity index (χ1v) is 6.99. The number of rotatable bonds is 7. The summed E-state index contributed by atoms with van der Waals surface area (Å²) in [5.74, 6) is 0.122. The molecule has 5 nitrogen and oxygen atoms in total. The van der Waals surface area contributed by atoms with Crippen LogP contribution in [0.2, 0.25) is 0 Å². The van der Waals surface area contributed by atoms with E-state index in [1.165, 1.54) is 0 Å². The Morgan fingerprint density at radius 2 is 1.89 bits per heavy atom. The van der Waals surface area contributed by atoms with Gasteiger partial charge in [-0.05, 0) is 30.7 Å². The predicted octanol–water partition coefficient (Wildman–Crippen LogP) is -1.22. The van der Waals surface area contributed by atoms with Crippen LogP contribution in [0.15, 0.2) is 24.3 Å². The van der Waals surface area contributed by atoms with E-state index in [-0.39, 0.29) is 29.6 Å². The molecule has 0 fully saturated rings. The summed E-state index contributed by atoms with van der Waals surface area (Å²) < 4.78 is 36.6. The van der Waals surface area contributed by atoms with E-state index in [9.17, 15) is 13.0 Å². The number of unbranched alkanes of at least 4 members (excludes halogenated alkanes) is 1. The summed E-state index contributed by atoms with van der Waals surface area (Å²) in [7, 11) is -4.24. The van der Waals surface area contributed by atoms with Gasteiger partial charge in [-0.25, -0.2) is 8.42 Å². The third kappa shape index (κ3) is 7.94. The largest absolute Gasteiger partial charge is 1.00 e. The van der Waals surface area contributed by atoms with Gasteiger partial charge in [0.1, 0.15) is 21.7 Å². The van der Waals surface area contributed by atoms with Crippen molar-refractivity contribution in [1.29, 1.82) is 0 Å². The fraction of sp³-hybridized carbons (Fsp3) is 0.455. The Kier molecular flexibility index (Phi) is 8.64. The maximum absolute atomic E-state index is 10.4. The van der Waals surface area contributed by atoms with Crippen molar-refractivity contribution in [3.63, 3.8) is 0 Å². The first-order chi connectivity index (χ1) is 8.01. The molecule has 0 aliphatic rings. The van der Waals surface area contributed by atoms with E-state index in [1.807, 2.05) is 0 Å². The van der Waals surface area contributed by atoms with E-state index < -0.39 is 16.0 Å². The summed E-state index contributed by atoms with van der Waals surface area (Å²) in [6.07, 6.45) is 2.06. The Bertz CT molecular complexity index is 433. The van der Waals surface area contributed by atoms with E-state index in [2.05, 4.69) is 12.2 Å². The minimum atomic E-state index is -4.24. The summed E-state index contributed by atoms with van der Waals surface area (Å²) in [6.45, 7) is 2.75. The Hall–Kier alpha value is -0.270. The topological polar surface area (TPSA) is 78.5 Å². The maximum Gasteiger partial charge on any atom is 1.00 e. The van der Waals surface area contributed by atoms with Gasteiger partial charge < -0.3 is 14.6 Å². The number of benzene rings is 1. The summed E-state index contributed by atoms with van der Waals surface area (Å²) in [4.78, 5) is 0. The molecule has 96 valence electrons. The second-order valence-corrected chi connectivity index (χ2v) is 5.01. The smallest absolute Gasteiger partial charge is 0.747 e. The van der Waals surface area contributed by atoms with E-state index in [4.69, 9.17) is 4.74 Å². The fourth-order valence-corrected chi connectivity index (χ4v) is 1.52. The second kappa shape index (κ2) is 8.77. The molecule has 18 heavy (non-hydrogen) atoms. The summed E-state index contributed by atoms with van der Waals surface area (Å²) >= 11 is 0. The van der Waals surface area contributed by atoms with Crippen LogP contribution < -0.4 is 39.6 Å². The van der Waals surface area contributed by atoms with Crippen LogP contribution in [-0.2, 0) is 10.1 Å². The van der Waals surface area contributed by atoms with Crippen molar-refractivity contribution in [2.24, 2.45) is 0 Å². The third-order valence-electron chi connectivity index (χ3n) is 2.07. The molecule has 1 aromatic rings. The number of ether oxygens (including phenoxy) is 1. The first kappa shape index (κ1) is 17.7. The third-order valence-corrected chi connectivity index (χ3v) is 2.57. The maximum atomic E-state index is 10.4. The van der Waals surface area contributed by atoms with E-state index >= 15 is 0 Å². The zero-order chi connectivity index (χ0) is 12.7. The van der Waals surface area contributed by atoms with Crippen LogP contribution in [0.3, 0.4) is 0 Å². The van der Waals surface area contributed by atoms with Crippen molar-refractivity contribution in [2.45, 2.75) is 19.8 Å². The fourth-order valence-electron chi connectivity index (χ4n) is 1.18. The van der Waals surface area contributed by atoms with Crippen molar-refractivity contribution in [2.75, 3.05) is 17.8 Å². The molecule has 0 saturated heterocycles. The molecule has 0 unspecified atom stereocenters. The van der Waals surface area contributed by atoms with Gasteiger partial charge in [0.25, 0.3) is 0 Å². The number of hydrogen-bond donors (Lipinski definition) is 1. The summed E-state index contributed by atoms with van der Waals surface area (Å²) in [5, 5.41) is 2.52. The number of anilines is 1. The molecule has 0 heterocycles. The Labute approximate surface area is 130 Å². The Morgan fingerprint density at radius 3 is 2.39 bits per heavy atom. The van der Waals surface area contributed by atoms with Crippen LogP contribution in [0.25, 0.3) is 0 Å². The van der Waals surface area contributed by atoms with Gasteiger partial charge in [0.2, 0.25) is 0 Å². The van der Waals surface area contributed by atoms with Gasteiger partial charge in [-0.3, -0.25) is 0 Å². The minimum Gasteiger partial charge on any atom is -0.747 e. The molecule has 7 heteroatoms. The van der Waals surface area contributed by atoms with E-state index in [0.29, 0.717) is 12.3 Å². The zero-order valence-corrected chi connectivity index (χ0v) is 13.5. The molecule has 0 radical (unpaired) electrons. The molecule has 0 saturated carbocycles. The predicted molar refractivity (Wildman–Crippen MR) is 65.0 cm³/mol. The van der Waals surface area contributed by atoms with Gasteiger partial charge in [0.15, 0.2) is 0 Å². The molecule has 0 aliphatic heterocycles. The molecular formula is C11H16NNaO4S. The van der Waals surface area contributed by atoms with Gasteiger partial charge >= 0.3 is 29.6 Å². The number of nitrogens with one attached hydrogen (secondary N) is 1. The van der Waals surface area contributed by atoms with E-state index in [1.54, 1.807) is 24.3 Å². The van der Waals surface area contributed by atoms with Gasteiger partial charge in [-0.2, -0.15) is 0 Å². The molecule has 0 bridgehead atoms. The van der Waals surface area contributed by atoms with Crippen LogP contribution in [-0.4, -0.2) is 25.5 Å². The monoisotopic (exact) mass is 281 g/mol. The molecular weight excluding hydrogens is 265 g/mol. The molecule has 1 rings (SSSR count). The second-order valence-electron chi connectivity index (χ2n) is 3.61. The van der Waals surface area contributed by atoms with Crippen molar-refractivity contribution >= 4 is 15.8 Å². The molecule has 0 spiro atoms. The van der Waals surface area contributed by atoms with Crippen molar-refractivity contribution in [3.05, 3.63) is 24.3 Å². The molecule has 0 aromatic heterocycles. The molecule has 0 amide bonds. The average molecular weight is 281 g/mol. The standard InChI is InChI=1S/C11H17NO4S.Na/c1-2-3-8-16-11-6-4-10(5-7-11)12-9-17(13,14)15;/h4-7,12H,2-3,8-9H2,1H3,(H,13,14,15);/q;+1/p-1. The van der Waals surface area contributed by atoms with Crippen molar-refractivity contribution in [1.82, 2.24) is 0 Å². The summed E-state index contributed by atoms with van der Waals surface area (Å²) in [6, 6.07) is 6.81. The minimum absolute atomic E-state index is 0. The van der Waals surface area contributed by atoms with Crippen molar-refractivity contribution < 1.29 is 47.3 Å². The molecule has 0 atom stereocenters. The quantitative estimate of drug-likeness (QED) is 0.385. The zero-order valence-electron chi connectivity index (χ0n) is 10.7. The van der Waals surface area contributed by atoms with Crippen LogP contribution >= 0.6 is 0 Å². The summed E-state index contributed by atoms with van der Waals surface area (Å²) in [5.41, 5.74) is 0.576. The normalized spacial score (nSPS) is 10.6. The van der Waals surface area contributed by atoms with Crippen LogP contribution in [0, 0.1) is 0 Å². The SMILES string of the molecule is CCCCOc1ccc(NCS(=O)(=O)[O-])cc1.[Na+]. The Morgan fingerprint density at radius 1 is 1.28 bits per heavy atom. The number of hydrogen-bond acceptors (Lipinski definition) is 5. The first-order valence-electron chi connectivity index (χ1n) is 5.41. The van der Waals surface area contributed by atoms with Crippen LogP contribution in [0.1, 0.15) is 19.8 Å².